The molecular formula is C14H15ClN2O2S. The first-order chi connectivity index (χ1) is 9.54. The van der Waals surface area contributed by atoms with Gasteiger partial charge < -0.3 is 0 Å². The third-order valence-corrected chi connectivity index (χ3v) is 5.05. The first-order valence-electron chi connectivity index (χ1n) is 6.51. The number of halogens is 1. The Morgan fingerprint density at radius 1 is 1.00 bits per heavy atom. The van der Waals surface area contributed by atoms with E-state index in [0.717, 1.165) is 36.7 Å². The zero-order valence-corrected chi connectivity index (χ0v) is 12.4. The van der Waals surface area contributed by atoms with E-state index < -0.39 is 10.0 Å². The summed E-state index contributed by atoms with van der Waals surface area (Å²) in [7, 11) is -3.50. The molecule has 1 saturated heterocycles. The molecule has 0 unspecified atom stereocenters. The Labute approximate surface area is 123 Å². The number of hydrazine groups is 1. The van der Waals surface area contributed by atoms with Gasteiger partial charge in [0.1, 0.15) is 0 Å². The first-order valence-corrected chi connectivity index (χ1v) is 8.37. The van der Waals surface area contributed by atoms with Crippen molar-refractivity contribution >= 4 is 32.4 Å². The second kappa shape index (κ2) is 5.33. The Morgan fingerprint density at radius 3 is 2.40 bits per heavy atom. The van der Waals surface area contributed by atoms with Crippen molar-refractivity contribution in [2.45, 2.75) is 17.7 Å². The molecule has 0 bridgehead atoms. The molecule has 0 saturated carbocycles. The van der Waals surface area contributed by atoms with Crippen LogP contribution in [-0.4, -0.2) is 26.5 Å². The van der Waals surface area contributed by atoms with E-state index >= 15 is 0 Å². The highest BCUT2D eigenvalue weighted by molar-refractivity contribution is 7.89. The fraction of sp³-hybridized carbons (Fsp3) is 0.286. The molecule has 1 aliphatic rings. The van der Waals surface area contributed by atoms with E-state index in [4.69, 9.17) is 11.6 Å². The molecule has 4 nitrogen and oxygen atoms in total. The minimum Gasteiger partial charge on any atom is -0.230 e. The van der Waals surface area contributed by atoms with Crippen LogP contribution >= 0.6 is 11.6 Å². The Hall–Kier alpha value is -1.14. The molecular weight excluding hydrogens is 296 g/mol. The van der Waals surface area contributed by atoms with Crippen molar-refractivity contribution in [3.05, 3.63) is 41.4 Å². The summed E-state index contributed by atoms with van der Waals surface area (Å²) in [5.74, 6) is 0. The molecule has 106 valence electrons. The van der Waals surface area contributed by atoms with Gasteiger partial charge in [0.05, 0.1) is 4.90 Å². The highest BCUT2D eigenvalue weighted by Gasteiger charge is 2.20. The summed E-state index contributed by atoms with van der Waals surface area (Å²) in [5, 5.41) is 4.18. The first kappa shape index (κ1) is 13.8. The van der Waals surface area contributed by atoms with Gasteiger partial charge >= 0.3 is 0 Å². The minimum atomic E-state index is -3.50. The predicted molar refractivity (Wildman–Crippen MR) is 80.1 cm³/mol. The van der Waals surface area contributed by atoms with Crippen molar-refractivity contribution in [1.82, 2.24) is 9.84 Å². The summed E-state index contributed by atoms with van der Waals surface area (Å²) in [4.78, 5) is 2.90. The molecule has 6 heteroatoms. The van der Waals surface area contributed by atoms with Gasteiger partial charge in [-0.15, -0.1) is 4.83 Å². The van der Waals surface area contributed by atoms with Gasteiger partial charge in [-0.05, 0) is 47.9 Å². The zero-order valence-electron chi connectivity index (χ0n) is 10.8. The Kier molecular flexibility index (Phi) is 3.69. The van der Waals surface area contributed by atoms with Gasteiger partial charge in [-0.25, -0.2) is 13.4 Å². The number of nitrogens with one attached hydrogen (secondary N) is 1. The van der Waals surface area contributed by atoms with Crippen molar-refractivity contribution in [1.29, 1.82) is 0 Å². The molecule has 1 aliphatic heterocycles. The van der Waals surface area contributed by atoms with E-state index in [1.54, 1.807) is 29.3 Å². The summed E-state index contributed by atoms with van der Waals surface area (Å²) in [5.41, 5.74) is 0. The van der Waals surface area contributed by atoms with E-state index in [0.29, 0.717) is 5.02 Å². The quantitative estimate of drug-likeness (QED) is 0.948. The van der Waals surface area contributed by atoms with Crippen LogP contribution in [0.3, 0.4) is 0 Å². The third-order valence-electron chi connectivity index (χ3n) is 3.44. The van der Waals surface area contributed by atoms with Crippen LogP contribution in [0.1, 0.15) is 12.8 Å². The number of benzene rings is 2. The summed E-state index contributed by atoms with van der Waals surface area (Å²) >= 11 is 5.92. The SMILES string of the molecule is O=S(=O)(NN1CCCC1)c1ccc2cc(Cl)ccc2c1. The lowest BCUT2D eigenvalue weighted by Gasteiger charge is -2.16. The van der Waals surface area contributed by atoms with Crippen LogP contribution in [0, 0.1) is 0 Å². The monoisotopic (exact) mass is 310 g/mol. The highest BCUT2D eigenvalue weighted by Crippen LogP contribution is 2.22. The van der Waals surface area contributed by atoms with Gasteiger partial charge in [0, 0.05) is 18.1 Å². The molecule has 0 amide bonds. The van der Waals surface area contributed by atoms with Crippen LogP contribution in [0.5, 0.6) is 0 Å². The molecule has 0 spiro atoms. The van der Waals surface area contributed by atoms with Crippen molar-refractivity contribution in [3.63, 3.8) is 0 Å². The van der Waals surface area contributed by atoms with Crippen LogP contribution < -0.4 is 4.83 Å². The van der Waals surface area contributed by atoms with E-state index in [9.17, 15) is 8.42 Å². The molecule has 1 N–H and O–H groups in total. The second-order valence-corrected chi connectivity index (χ2v) is 7.04. The Balaban J connectivity index is 1.94. The molecule has 1 fully saturated rings. The van der Waals surface area contributed by atoms with Crippen LogP contribution in [0.4, 0.5) is 0 Å². The lowest BCUT2D eigenvalue weighted by Crippen LogP contribution is -2.39. The van der Waals surface area contributed by atoms with Crippen LogP contribution in [0.2, 0.25) is 5.02 Å². The fourth-order valence-corrected chi connectivity index (χ4v) is 3.73. The second-order valence-electron chi connectivity index (χ2n) is 4.94. The van der Waals surface area contributed by atoms with Gasteiger partial charge in [0.15, 0.2) is 0 Å². The molecule has 2 aromatic carbocycles. The molecule has 0 aliphatic carbocycles. The number of hydrogen-bond donors (Lipinski definition) is 1. The van der Waals surface area contributed by atoms with E-state index in [1.807, 2.05) is 12.1 Å². The van der Waals surface area contributed by atoms with E-state index in [-0.39, 0.29) is 4.90 Å². The standard InChI is InChI=1S/C14H15ClN2O2S/c15-13-5-3-12-10-14(6-4-11(12)9-13)20(18,19)16-17-7-1-2-8-17/h3-6,9-10,16H,1-2,7-8H2. The lowest BCUT2D eigenvalue weighted by molar-refractivity contribution is 0.300. The largest absolute Gasteiger partial charge is 0.253 e. The summed E-state index contributed by atoms with van der Waals surface area (Å²) in [6, 6.07) is 10.5. The predicted octanol–water partition coefficient (Wildman–Crippen LogP) is 2.78. The number of fused-ring (bicyclic) bond motifs is 1. The van der Waals surface area contributed by atoms with Gasteiger partial charge in [-0.3, -0.25) is 0 Å². The number of sulfonamides is 1. The van der Waals surface area contributed by atoms with Crippen molar-refractivity contribution < 1.29 is 8.42 Å². The highest BCUT2D eigenvalue weighted by atomic mass is 35.5. The Bertz CT molecular complexity index is 740. The Morgan fingerprint density at radius 2 is 1.65 bits per heavy atom. The summed E-state index contributed by atoms with van der Waals surface area (Å²) in [6.45, 7) is 1.53. The molecule has 0 atom stereocenters. The topological polar surface area (TPSA) is 49.4 Å². The van der Waals surface area contributed by atoms with Crippen LogP contribution in [-0.2, 0) is 10.0 Å². The summed E-state index contributed by atoms with van der Waals surface area (Å²) < 4.78 is 24.6. The molecule has 1 heterocycles. The molecule has 2 aromatic rings. The van der Waals surface area contributed by atoms with Crippen molar-refractivity contribution in [2.75, 3.05) is 13.1 Å². The molecule has 0 aromatic heterocycles. The number of rotatable bonds is 3. The maximum Gasteiger partial charge on any atom is 0.253 e. The normalized spacial score (nSPS) is 16.9. The molecule has 0 radical (unpaired) electrons. The number of nitrogens with zero attached hydrogens (tertiary/aromatic N) is 1. The van der Waals surface area contributed by atoms with Crippen LogP contribution in [0.25, 0.3) is 10.8 Å². The maximum atomic E-state index is 12.3. The fourth-order valence-electron chi connectivity index (χ4n) is 2.39. The lowest BCUT2D eigenvalue weighted by atomic mass is 10.1. The maximum absolute atomic E-state index is 12.3. The average Bonchev–Trinajstić information content (AvgIpc) is 2.90. The third kappa shape index (κ3) is 2.81. The van der Waals surface area contributed by atoms with Gasteiger partial charge in [-0.1, -0.05) is 23.7 Å². The minimum absolute atomic E-state index is 0.277. The van der Waals surface area contributed by atoms with Gasteiger partial charge in [-0.2, -0.15) is 0 Å². The molecule has 20 heavy (non-hydrogen) atoms. The van der Waals surface area contributed by atoms with E-state index in [1.165, 1.54) is 0 Å². The van der Waals surface area contributed by atoms with Crippen molar-refractivity contribution in [2.24, 2.45) is 0 Å². The van der Waals surface area contributed by atoms with Gasteiger partial charge in [0.2, 0.25) is 0 Å². The average molecular weight is 311 g/mol. The van der Waals surface area contributed by atoms with E-state index in [2.05, 4.69) is 4.83 Å². The van der Waals surface area contributed by atoms with Crippen molar-refractivity contribution in [3.8, 4) is 0 Å². The molecule has 3 rings (SSSR count). The van der Waals surface area contributed by atoms with Crippen LogP contribution in [0.15, 0.2) is 41.3 Å². The smallest absolute Gasteiger partial charge is 0.230 e. The van der Waals surface area contributed by atoms with Gasteiger partial charge in [0.25, 0.3) is 10.0 Å². The zero-order chi connectivity index (χ0) is 14.2. The summed E-state index contributed by atoms with van der Waals surface area (Å²) in [6.07, 6.45) is 2.05. The number of hydrogen-bond acceptors (Lipinski definition) is 3.